The Balaban J connectivity index is 0. The summed E-state index contributed by atoms with van der Waals surface area (Å²) in [4.78, 5) is 9.37. The molecular weight excluding hydrogens is 172 g/mol. The highest BCUT2D eigenvalue weighted by Gasteiger charge is 2.31. The minimum Gasteiger partial charge on any atom is -0.481 e. The van der Waals surface area contributed by atoms with Gasteiger partial charge in [0.2, 0.25) is 0 Å². The van der Waals surface area contributed by atoms with Gasteiger partial charge in [0.05, 0.1) is 11.2 Å². The molecule has 0 spiro atoms. The van der Waals surface area contributed by atoms with Crippen LogP contribution in [0, 0.1) is 0 Å². The van der Waals surface area contributed by atoms with Gasteiger partial charge in [0, 0.05) is 6.42 Å². The first-order valence-corrected chi connectivity index (χ1v) is 4.19. The van der Waals surface area contributed by atoms with E-state index in [0.717, 1.165) is 0 Å². The van der Waals surface area contributed by atoms with Gasteiger partial charge in [-0.15, -0.1) is 0 Å². The molecule has 4 heteroatoms. The van der Waals surface area contributed by atoms with Crippen LogP contribution in [0.1, 0.15) is 41.0 Å². The zero-order chi connectivity index (χ0) is 11.3. The zero-order valence-corrected chi connectivity index (χ0v) is 8.96. The smallest absolute Gasteiger partial charge is 0.303 e. The first-order chi connectivity index (χ1) is 5.52. The number of hydrogen-bond acceptors (Lipinski definition) is 3. The SMILES string of the molecule is CC(C)(O)C(C)(C)O.CCC(=O)O. The molecule has 3 N–H and O–H groups in total. The van der Waals surface area contributed by atoms with Crippen molar-refractivity contribution in [3.8, 4) is 0 Å². The quantitative estimate of drug-likeness (QED) is 0.610. The molecule has 0 aliphatic heterocycles. The minimum atomic E-state index is -1.01. The highest BCUT2D eigenvalue weighted by Crippen LogP contribution is 2.19. The Morgan fingerprint density at radius 3 is 1.23 bits per heavy atom. The van der Waals surface area contributed by atoms with Crippen LogP contribution in [0.4, 0.5) is 0 Å². The lowest BCUT2D eigenvalue weighted by Gasteiger charge is -2.31. The molecule has 0 unspecified atom stereocenters. The van der Waals surface area contributed by atoms with Crippen LogP contribution in [0.15, 0.2) is 0 Å². The Hall–Kier alpha value is -0.610. The van der Waals surface area contributed by atoms with Crippen LogP contribution in [-0.2, 0) is 4.79 Å². The molecule has 0 aliphatic rings. The van der Waals surface area contributed by atoms with Crippen molar-refractivity contribution in [1.29, 1.82) is 0 Å². The van der Waals surface area contributed by atoms with Gasteiger partial charge < -0.3 is 15.3 Å². The van der Waals surface area contributed by atoms with Crippen LogP contribution < -0.4 is 0 Å². The Morgan fingerprint density at radius 1 is 1.08 bits per heavy atom. The summed E-state index contributed by atoms with van der Waals surface area (Å²) in [6, 6.07) is 0. The van der Waals surface area contributed by atoms with E-state index in [-0.39, 0.29) is 6.42 Å². The van der Waals surface area contributed by atoms with Gasteiger partial charge >= 0.3 is 5.97 Å². The summed E-state index contributed by atoms with van der Waals surface area (Å²) in [7, 11) is 0. The third-order valence-corrected chi connectivity index (χ3v) is 1.80. The second kappa shape index (κ2) is 5.19. The number of carboxylic acids is 1. The maximum absolute atomic E-state index is 9.37. The summed E-state index contributed by atoms with van der Waals surface area (Å²) in [5.41, 5.74) is -2.01. The largest absolute Gasteiger partial charge is 0.481 e. The van der Waals surface area contributed by atoms with Gasteiger partial charge in [0.1, 0.15) is 0 Å². The normalized spacial score (nSPS) is 11.6. The van der Waals surface area contributed by atoms with E-state index >= 15 is 0 Å². The molecule has 0 saturated heterocycles. The van der Waals surface area contributed by atoms with Gasteiger partial charge in [0.25, 0.3) is 0 Å². The molecule has 0 bridgehead atoms. The molecule has 0 aromatic heterocycles. The van der Waals surface area contributed by atoms with Crippen molar-refractivity contribution in [2.75, 3.05) is 0 Å². The first-order valence-electron chi connectivity index (χ1n) is 4.19. The Labute approximate surface area is 79.2 Å². The number of aliphatic carboxylic acids is 1. The molecule has 0 rings (SSSR count). The van der Waals surface area contributed by atoms with E-state index in [2.05, 4.69) is 0 Å². The average molecular weight is 192 g/mol. The van der Waals surface area contributed by atoms with Crippen molar-refractivity contribution in [2.24, 2.45) is 0 Å². The average Bonchev–Trinajstić information content (AvgIpc) is 1.84. The van der Waals surface area contributed by atoms with Gasteiger partial charge in [-0.1, -0.05) is 6.92 Å². The van der Waals surface area contributed by atoms with Gasteiger partial charge in [-0.2, -0.15) is 0 Å². The van der Waals surface area contributed by atoms with Crippen LogP contribution in [0.3, 0.4) is 0 Å². The van der Waals surface area contributed by atoms with Crippen LogP contribution in [0.25, 0.3) is 0 Å². The highest BCUT2D eigenvalue weighted by atomic mass is 16.4. The topological polar surface area (TPSA) is 77.8 Å². The molecule has 4 nitrogen and oxygen atoms in total. The van der Waals surface area contributed by atoms with E-state index in [9.17, 15) is 4.79 Å². The maximum atomic E-state index is 9.37. The Bertz CT molecular complexity index is 138. The number of rotatable bonds is 2. The molecule has 0 aliphatic carbocycles. The lowest BCUT2D eigenvalue weighted by molar-refractivity contribution is -0.136. The monoisotopic (exact) mass is 192 g/mol. The highest BCUT2D eigenvalue weighted by molar-refractivity contribution is 5.66. The summed E-state index contributed by atoms with van der Waals surface area (Å²) in [6.07, 6.45) is 0.222. The van der Waals surface area contributed by atoms with Crippen molar-refractivity contribution >= 4 is 5.97 Å². The second-order valence-electron chi connectivity index (χ2n) is 3.87. The van der Waals surface area contributed by atoms with E-state index in [1.165, 1.54) is 0 Å². The zero-order valence-electron chi connectivity index (χ0n) is 8.96. The van der Waals surface area contributed by atoms with E-state index in [0.29, 0.717) is 0 Å². The Kier molecular flexibility index (Phi) is 5.95. The number of aliphatic hydroxyl groups is 2. The molecule has 80 valence electrons. The van der Waals surface area contributed by atoms with E-state index in [1.54, 1.807) is 34.6 Å². The van der Waals surface area contributed by atoms with Crippen LogP contribution in [-0.4, -0.2) is 32.5 Å². The van der Waals surface area contributed by atoms with Gasteiger partial charge in [0.15, 0.2) is 0 Å². The fourth-order valence-corrected chi connectivity index (χ4v) is 0. The Morgan fingerprint density at radius 2 is 1.23 bits per heavy atom. The molecule has 0 fully saturated rings. The number of carbonyl (C=O) groups is 1. The van der Waals surface area contributed by atoms with Crippen LogP contribution in [0.2, 0.25) is 0 Å². The molecule has 0 amide bonds. The van der Waals surface area contributed by atoms with E-state index in [4.69, 9.17) is 15.3 Å². The minimum absolute atomic E-state index is 0.222. The third kappa shape index (κ3) is 9.30. The lowest BCUT2D eigenvalue weighted by Crippen LogP contribution is -2.44. The number of hydrogen-bond donors (Lipinski definition) is 3. The molecule has 0 saturated carbocycles. The summed E-state index contributed by atoms with van der Waals surface area (Å²) in [5, 5.41) is 25.9. The molecule has 0 radical (unpaired) electrons. The molecule has 0 heterocycles. The van der Waals surface area contributed by atoms with Crippen molar-refractivity contribution < 1.29 is 20.1 Å². The predicted octanol–water partition coefficient (Wildman–Crippen LogP) is 1.01. The van der Waals surface area contributed by atoms with Crippen LogP contribution in [0.5, 0.6) is 0 Å². The fraction of sp³-hybridized carbons (Fsp3) is 0.889. The molecule has 0 aromatic rings. The standard InChI is InChI=1S/C6H14O2.C3H6O2/c1-5(2,7)6(3,4)8;1-2-3(4)5/h7-8H,1-4H3;2H2,1H3,(H,4,5). The summed E-state index contributed by atoms with van der Waals surface area (Å²) < 4.78 is 0. The van der Waals surface area contributed by atoms with E-state index < -0.39 is 17.2 Å². The van der Waals surface area contributed by atoms with Gasteiger partial charge in [-0.25, -0.2) is 0 Å². The van der Waals surface area contributed by atoms with Crippen molar-refractivity contribution in [1.82, 2.24) is 0 Å². The summed E-state index contributed by atoms with van der Waals surface area (Å²) >= 11 is 0. The van der Waals surface area contributed by atoms with Crippen LogP contribution >= 0.6 is 0 Å². The van der Waals surface area contributed by atoms with Crippen molar-refractivity contribution in [2.45, 2.75) is 52.2 Å². The fourth-order valence-electron chi connectivity index (χ4n) is 0. The lowest BCUT2D eigenvalue weighted by atomic mass is 9.90. The molecule has 0 atom stereocenters. The van der Waals surface area contributed by atoms with E-state index in [1.807, 2.05) is 0 Å². The maximum Gasteiger partial charge on any atom is 0.303 e. The number of carboxylic acid groups (broad SMARTS) is 1. The molecule has 13 heavy (non-hydrogen) atoms. The van der Waals surface area contributed by atoms with Gasteiger partial charge in [-0.3, -0.25) is 4.79 Å². The third-order valence-electron chi connectivity index (χ3n) is 1.80. The predicted molar refractivity (Wildman–Crippen MR) is 50.5 cm³/mol. The van der Waals surface area contributed by atoms with Crippen molar-refractivity contribution in [3.63, 3.8) is 0 Å². The van der Waals surface area contributed by atoms with Gasteiger partial charge in [-0.05, 0) is 27.7 Å². The molecular formula is C9H20O4. The van der Waals surface area contributed by atoms with Crippen molar-refractivity contribution in [3.05, 3.63) is 0 Å². The first kappa shape index (κ1) is 14.9. The summed E-state index contributed by atoms with van der Waals surface area (Å²) in [6.45, 7) is 7.91. The summed E-state index contributed by atoms with van der Waals surface area (Å²) in [5.74, 6) is -0.745. The second-order valence-corrected chi connectivity index (χ2v) is 3.87. The molecule has 0 aromatic carbocycles.